The highest BCUT2D eigenvalue weighted by atomic mass is 19.1. The van der Waals surface area contributed by atoms with E-state index in [9.17, 15) is 9.18 Å². The number of aromatic nitrogens is 5. The van der Waals surface area contributed by atoms with Crippen LogP contribution in [-0.2, 0) is 11.8 Å². The summed E-state index contributed by atoms with van der Waals surface area (Å²) < 4.78 is 28.0. The average molecular weight is 521 g/mol. The van der Waals surface area contributed by atoms with Gasteiger partial charge in [-0.15, -0.1) is 10.2 Å². The molecule has 0 spiro atoms. The van der Waals surface area contributed by atoms with Crippen LogP contribution in [0.25, 0.3) is 33.2 Å². The maximum atomic E-state index is 13.3. The number of halogens is 1. The summed E-state index contributed by atoms with van der Waals surface area (Å²) in [4.78, 5) is 19.9. The third kappa shape index (κ3) is 4.67. The minimum atomic E-state index is -0.643. The molecular weight excluding hydrogens is 487 g/mol. The van der Waals surface area contributed by atoms with Gasteiger partial charge in [-0.05, 0) is 55.9 Å². The zero-order chi connectivity index (χ0) is 26.2. The average Bonchev–Trinajstić information content (AvgIpc) is 3.17. The second-order valence-corrected chi connectivity index (χ2v) is 10.4. The van der Waals surface area contributed by atoms with E-state index in [1.807, 2.05) is 35.0 Å². The number of nitrogens with zero attached hydrogens (tertiary/aromatic N) is 6. The molecule has 2 fully saturated rings. The molecule has 0 N–H and O–H groups in total. The number of rotatable bonds is 8. The van der Waals surface area contributed by atoms with E-state index >= 15 is 0 Å². The largest absolute Gasteiger partial charge is 0.478 e. The highest BCUT2D eigenvalue weighted by Crippen LogP contribution is 2.37. The van der Waals surface area contributed by atoms with E-state index in [1.165, 1.54) is 0 Å². The lowest BCUT2D eigenvalue weighted by molar-refractivity contribution is 0.00635. The van der Waals surface area contributed by atoms with Gasteiger partial charge in [0.05, 0.1) is 18.2 Å². The molecular formula is C28H33FN6O3. The molecule has 3 aromatic heterocycles. The van der Waals surface area contributed by atoms with E-state index in [0.717, 1.165) is 66.4 Å². The number of ether oxygens (including phenoxy) is 2. The third-order valence-electron chi connectivity index (χ3n) is 7.99. The number of imidazole rings is 1. The Morgan fingerprint density at radius 1 is 1.08 bits per heavy atom. The van der Waals surface area contributed by atoms with Crippen LogP contribution in [0.4, 0.5) is 4.39 Å². The first-order chi connectivity index (χ1) is 18.5. The van der Waals surface area contributed by atoms with E-state index in [2.05, 4.69) is 26.1 Å². The van der Waals surface area contributed by atoms with Crippen LogP contribution in [0.2, 0.25) is 0 Å². The Hall–Kier alpha value is -3.37. The van der Waals surface area contributed by atoms with E-state index < -0.39 is 6.17 Å². The van der Waals surface area contributed by atoms with Gasteiger partial charge in [0.2, 0.25) is 5.88 Å². The first-order valence-corrected chi connectivity index (χ1v) is 13.4. The first-order valence-electron chi connectivity index (χ1n) is 13.4. The lowest BCUT2D eigenvalue weighted by atomic mass is 9.89. The van der Waals surface area contributed by atoms with Gasteiger partial charge < -0.3 is 14.4 Å². The fourth-order valence-corrected chi connectivity index (χ4v) is 5.58. The first kappa shape index (κ1) is 24.9. The van der Waals surface area contributed by atoms with Gasteiger partial charge in [0.1, 0.15) is 11.7 Å². The van der Waals surface area contributed by atoms with E-state index in [4.69, 9.17) is 9.47 Å². The predicted octanol–water partition coefficient (Wildman–Crippen LogP) is 3.90. The molecule has 0 atom stereocenters. The minimum absolute atomic E-state index is 0.0816. The number of methoxy groups -OCH3 is 1. The number of fused-ring (bicyclic) bond motifs is 3. The highest BCUT2D eigenvalue weighted by molar-refractivity contribution is 6.02. The van der Waals surface area contributed by atoms with Crippen LogP contribution in [-0.4, -0.2) is 74.8 Å². The summed E-state index contributed by atoms with van der Waals surface area (Å²) in [6.45, 7) is 3.14. The molecule has 1 aromatic carbocycles. The van der Waals surface area contributed by atoms with Crippen molar-refractivity contribution in [1.29, 1.82) is 0 Å². The molecule has 1 aliphatic carbocycles. The van der Waals surface area contributed by atoms with Crippen molar-refractivity contribution in [2.45, 2.75) is 50.4 Å². The Morgan fingerprint density at radius 3 is 2.61 bits per heavy atom. The number of alkyl halides is 1. The fraction of sp³-hybridized carbons (Fsp3) is 0.500. The van der Waals surface area contributed by atoms with Crippen molar-refractivity contribution in [2.24, 2.45) is 7.05 Å². The number of hydrogen-bond donors (Lipinski definition) is 0. The van der Waals surface area contributed by atoms with Crippen molar-refractivity contribution >= 4 is 22.1 Å². The monoisotopic (exact) mass is 520 g/mol. The molecule has 2 aliphatic rings. The van der Waals surface area contributed by atoms with Gasteiger partial charge in [0.25, 0.3) is 0 Å². The van der Waals surface area contributed by atoms with Crippen LogP contribution in [0, 0.1) is 0 Å². The standard InChI is InChI=1S/C28H33FN6O3/c1-33-27-26(35(28(33)36)21-15-22(16-21)37-2)23-14-18(4-6-24(23)31-32-27)19-5-7-25(30-17-19)38-13-3-10-34-11-8-20(29)9-12-34/h4-7,14,17,20-22H,3,8-13,15-16H2,1-2H3/t21-,22+. The molecule has 4 aromatic rings. The zero-order valence-corrected chi connectivity index (χ0v) is 21.8. The Balaban J connectivity index is 1.20. The molecule has 9 nitrogen and oxygen atoms in total. The zero-order valence-electron chi connectivity index (χ0n) is 21.8. The van der Waals surface area contributed by atoms with Crippen molar-refractivity contribution in [3.63, 3.8) is 0 Å². The second-order valence-electron chi connectivity index (χ2n) is 10.4. The topological polar surface area (TPSA) is 87.3 Å². The van der Waals surface area contributed by atoms with Crippen molar-refractivity contribution in [1.82, 2.24) is 29.2 Å². The molecule has 1 aliphatic heterocycles. The van der Waals surface area contributed by atoms with Gasteiger partial charge in [-0.3, -0.25) is 9.13 Å². The predicted molar refractivity (Wildman–Crippen MR) is 143 cm³/mol. The van der Waals surface area contributed by atoms with Crippen molar-refractivity contribution in [2.75, 3.05) is 33.4 Å². The summed E-state index contributed by atoms with van der Waals surface area (Å²) >= 11 is 0. The highest BCUT2D eigenvalue weighted by Gasteiger charge is 2.34. The SMILES string of the molecule is CO[C@H]1C[C@@H](n2c(=O)n(C)c3nnc4ccc(-c5ccc(OCCCN6CCC(F)CC6)nc5)cc4c32)C1. The molecule has 0 unspecified atom stereocenters. The van der Waals surface area contributed by atoms with Crippen LogP contribution in [0.1, 0.15) is 38.1 Å². The molecule has 6 rings (SSSR count). The van der Waals surface area contributed by atoms with Crippen LogP contribution in [0.5, 0.6) is 5.88 Å². The van der Waals surface area contributed by atoms with E-state index in [0.29, 0.717) is 31.0 Å². The number of pyridine rings is 1. The van der Waals surface area contributed by atoms with Gasteiger partial charge in [-0.1, -0.05) is 6.07 Å². The molecule has 0 radical (unpaired) electrons. The Bertz CT molecular complexity index is 1490. The lowest BCUT2D eigenvalue weighted by Crippen LogP contribution is -2.37. The molecule has 1 saturated heterocycles. The Labute approximate surface area is 220 Å². The molecule has 0 bridgehead atoms. The van der Waals surface area contributed by atoms with Crippen molar-refractivity contribution in [3.05, 3.63) is 47.0 Å². The molecule has 38 heavy (non-hydrogen) atoms. The third-order valence-corrected chi connectivity index (χ3v) is 7.99. The normalized spacial score (nSPS) is 20.7. The Kier molecular flexibility index (Phi) is 6.84. The van der Waals surface area contributed by atoms with Crippen LogP contribution in [0.3, 0.4) is 0 Å². The van der Waals surface area contributed by atoms with Crippen molar-refractivity contribution in [3.8, 4) is 17.0 Å². The summed E-state index contributed by atoms with van der Waals surface area (Å²) in [5.41, 5.74) is 3.98. The number of hydrogen-bond acceptors (Lipinski definition) is 7. The minimum Gasteiger partial charge on any atom is -0.478 e. The summed E-state index contributed by atoms with van der Waals surface area (Å²) in [7, 11) is 3.45. The van der Waals surface area contributed by atoms with Gasteiger partial charge >= 0.3 is 5.69 Å². The van der Waals surface area contributed by atoms with Crippen LogP contribution >= 0.6 is 0 Å². The molecule has 10 heteroatoms. The van der Waals surface area contributed by atoms with Gasteiger partial charge in [-0.2, -0.15) is 0 Å². The molecule has 4 heterocycles. The van der Waals surface area contributed by atoms with Gasteiger partial charge in [0.15, 0.2) is 5.65 Å². The number of piperidine rings is 1. The van der Waals surface area contributed by atoms with Crippen LogP contribution < -0.4 is 10.4 Å². The molecule has 0 amide bonds. The summed E-state index contributed by atoms with van der Waals surface area (Å²) in [5, 5.41) is 9.64. The number of aryl methyl sites for hydroxylation is 1. The van der Waals surface area contributed by atoms with Crippen molar-refractivity contribution < 1.29 is 13.9 Å². The maximum absolute atomic E-state index is 13.3. The molecule has 200 valence electrons. The summed E-state index contributed by atoms with van der Waals surface area (Å²) in [6, 6.07) is 9.96. The lowest BCUT2D eigenvalue weighted by Gasteiger charge is -2.34. The smallest absolute Gasteiger partial charge is 0.330 e. The summed E-state index contributed by atoms with van der Waals surface area (Å²) in [5.74, 6) is 0.583. The van der Waals surface area contributed by atoms with Gasteiger partial charge in [-0.25, -0.2) is 14.2 Å². The summed E-state index contributed by atoms with van der Waals surface area (Å²) in [6.07, 6.45) is 5.10. The Morgan fingerprint density at radius 2 is 1.87 bits per heavy atom. The quantitative estimate of drug-likeness (QED) is 0.326. The van der Waals surface area contributed by atoms with Crippen LogP contribution in [0.15, 0.2) is 41.3 Å². The van der Waals surface area contributed by atoms with Gasteiger partial charge in [0, 0.05) is 63.0 Å². The second kappa shape index (κ2) is 10.4. The number of likely N-dealkylation sites (tertiary alicyclic amines) is 1. The fourth-order valence-electron chi connectivity index (χ4n) is 5.58. The maximum Gasteiger partial charge on any atom is 0.330 e. The molecule has 1 saturated carbocycles. The number of benzene rings is 1. The van der Waals surface area contributed by atoms with E-state index in [1.54, 1.807) is 18.7 Å². The van der Waals surface area contributed by atoms with E-state index in [-0.39, 0.29) is 17.8 Å².